The van der Waals surface area contributed by atoms with Crippen molar-refractivity contribution >= 4 is 65.7 Å². The van der Waals surface area contributed by atoms with Gasteiger partial charge in [0.2, 0.25) is 0 Å². The Balaban J connectivity index is 1.22. The van der Waals surface area contributed by atoms with E-state index in [9.17, 15) is 0 Å². The first-order chi connectivity index (χ1) is 21.7. The van der Waals surface area contributed by atoms with Crippen molar-refractivity contribution < 1.29 is 0 Å². The second-order valence-corrected chi connectivity index (χ2v) is 12.0. The summed E-state index contributed by atoms with van der Waals surface area (Å²) in [6.45, 7) is 6.26. The molecule has 0 amide bonds. The maximum absolute atomic E-state index is 5.22. The monoisotopic (exact) mass is 580 g/mol. The normalized spacial score (nSPS) is 12.0. The first-order valence-corrected chi connectivity index (χ1v) is 15.6. The molecule has 0 aliphatic carbocycles. The lowest BCUT2D eigenvalue weighted by atomic mass is 9.95. The Morgan fingerprint density at radius 3 is 1.98 bits per heavy atom. The topological polar surface area (TPSA) is 25.8 Å². The molecule has 0 fully saturated rings. The molecule has 8 aromatic rings. The van der Waals surface area contributed by atoms with Gasteiger partial charge in [0, 0.05) is 36.9 Å². The van der Waals surface area contributed by atoms with Crippen LogP contribution in [0.4, 0.5) is 0 Å². The fourth-order valence-electron chi connectivity index (χ4n) is 6.38. The number of hydrogen-bond acceptors (Lipinski definition) is 3. The van der Waals surface area contributed by atoms with Gasteiger partial charge in [-0.2, -0.15) is 0 Å². The first-order valence-electron chi connectivity index (χ1n) is 14.8. The van der Waals surface area contributed by atoms with E-state index in [1.165, 1.54) is 42.4 Å². The zero-order valence-electron chi connectivity index (χ0n) is 24.3. The van der Waals surface area contributed by atoms with Crippen molar-refractivity contribution in [2.75, 3.05) is 0 Å². The summed E-state index contributed by atoms with van der Waals surface area (Å²) in [6.07, 6.45) is 6.11. The molecule has 3 heteroatoms. The highest BCUT2D eigenvalue weighted by molar-refractivity contribution is 7.20. The summed E-state index contributed by atoms with van der Waals surface area (Å²) in [5.74, 6) is 0. The molecule has 0 unspecified atom stereocenters. The standard InChI is InChI=1S/C41H28N2S/c1-3-30(41-31(4-2)34-19-9-10-22-38(34)44-41)28-15-11-13-26(23-28)27-14-12-16-29(24-27)37-25-42-39-35-20-7-5-17-32(35)33-18-6-8-21-36(33)40(39)43-37/h3-25H,2H2,1H3. The van der Waals surface area contributed by atoms with Crippen LogP contribution in [0.25, 0.3) is 76.7 Å². The molecule has 0 N–H and O–H groups in total. The maximum Gasteiger partial charge on any atom is 0.0979 e. The number of allylic oxidation sites excluding steroid dienone is 1. The Morgan fingerprint density at radius 1 is 0.636 bits per heavy atom. The summed E-state index contributed by atoms with van der Waals surface area (Å²) < 4.78 is 1.28. The summed E-state index contributed by atoms with van der Waals surface area (Å²) in [7, 11) is 0. The van der Waals surface area contributed by atoms with Crippen molar-refractivity contribution in [1.29, 1.82) is 0 Å². The van der Waals surface area contributed by atoms with Crippen LogP contribution in [-0.2, 0) is 0 Å². The van der Waals surface area contributed by atoms with Crippen LogP contribution in [-0.4, -0.2) is 9.97 Å². The molecular weight excluding hydrogens is 553 g/mol. The van der Waals surface area contributed by atoms with Crippen LogP contribution < -0.4 is 0 Å². The lowest BCUT2D eigenvalue weighted by molar-refractivity contribution is 1.31. The van der Waals surface area contributed by atoms with Crippen LogP contribution in [0.3, 0.4) is 0 Å². The van der Waals surface area contributed by atoms with Gasteiger partial charge in [-0.25, -0.2) is 4.98 Å². The largest absolute Gasteiger partial charge is 0.252 e. The minimum Gasteiger partial charge on any atom is -0.252 e. The highest BCUT2D eigenvalue weighted by Crippen LogP contribution is 2.40. The van der Waals surface area contributed by atoms with Crippen molar-refractivity contribution in [2.45, 2.75) is 6.92 Å². The third kappa shape index (κ3) is 4.24. The molecule has 0 bridgehead atoms. The minimum absolute atomic E-state index is 0.867. The van der Waals surface area contributed by atoms with Crippen LogP contribution in [0, 0.1) is 0 Å². The van der Waals surface area contributed by atoms with Crippen molar-refractivity contribution in [1.82, 2.24) is 9.97 Å². The smallest absolute Gasteiger partial charge is 0.0979 e. The molecule has 0 radical (unpaired) electrons. The van der Waals surface area contributed by atoms with Gasteiger partial charge in [0.15, 0.2) is 0 Å². The van der Waals surface area contributed by atoms with Gasteiger partial charge in [-0.05, 0) is 58.2 Å². The number of hydrogen-bond donors (Lipinski definition) is 0. The summed E-state index contributed by atoms with van der Waals surface area (Å²) in [5, 5.41) is 5.91. The highest BCUT2D eigenvalue weighted by atomic mass is 32.1. The third-order valence-corrected chi connectivity index (χ3v) is 9.68. The zero-order valence-corrected chi connectivity index (χ0v) is 25.1. The summed E-state index contributed by atoms with van der Waals surface area (Å²) in [5.41, 5.74) is 9.69. The summed E-state index contributed by atoms with van der Waals surface area (Å²) >= 11 is 1.82. The summed E-state index contributed by atoms with van der Waals surface area (Å²) in [6, 6.07) is 43.0. The Labute approximate surface area is 260 Å². The van der Waals surface area contributed by atoms with Crippen LogP contribution in [0.1, 0.15) is 22.9 Å². The van der Waals surface area contributed by atoms with E-state index in [4.69, 9.17) is 9.97 Å². The van der Waals surface area contributed by atoms with E-state index in [1.54, 1.807) is 0 Å². The quantitative estimate of drug-likeness (QED) is 0.189. The van der Waals surface area contributed by atoms with E-state index >= 15 is 0 Å². The molecule has 8 rings (SSSR count). The van der Waals surface area contributed by atoms with Crippen molar-refractivity contribution in [3.63, 3.8) is 0 Å². The molecule has 2 nitrogen and oxygen atoms in total. The van der Waals surface area contributed by atoms with E-state index < -0.39 is 0 Å². The lowest BCUT2D eigenvalue weighted by Gasteiger charge is -2.12. The van der Waals surface area contributed by atoms with Gasteiger partial charge in [-0.3, -0.25) is 4.98 Å². The average molecular weight is 581 g/mol. The van der Waals surface area contributed by atoms with Gasteiger partial charge in [0.1, 0.15) is 0 Å². The number of nitrogens with zero attached hydrogens (tertiary/aromatic N) is 2. The fraction of sp³-hybridized carbons (Fsp3) is 0.0244. The van der Waals surface area contributed by atoms with Crippen LogP contribution in [0.5, 0.6) is 0 Å². The molecule has 0 aliphatic rings. The van der Waals surface area contributed by atoms with Gasteiger partial charge in [-0.1, -0.05) is 122 Å². The average Bonchev–Trinajstić information content (AvgIpc) is 3.47. The van der Waals surface area contributed by atoms with Crippen molar-refractivity contribution in [3.05, 3.63) is 156 Å². The number of fused-ring (bicyclic) bond motifs is 7. The van der Waals surface area contributed by atoms with Crippen LogP contribution in [0.15, 0.2) is 140 Å². The minimum atomic E-state index is 0.867. The fourth-order valence-corrected chi connectivity index (χ4v) is 7.69. The molecule has 2 heterocycles. The Bertz CT molecular complexity index is 2390. The highest BCUT2D eigenvalue weighted by Gasteiger charge is 2.16. The molecule has 0 atom stereocenters. The molecule has 2 aromatic heterocycles. The zero-order chi connectivity index (χ0) is 29.6. The van der Waals surface area contributed by atoms with E-state index in [0.717, 1.165) is 44.2 Å². The molecule has 0 saturated carbocycles. The Morgan fingerprint density at radius 2 is 1.25 bits per heavy atom. The number of rotatable bonds is 5. The van der Waals surface area contributed by atoms with E-state index in [-0.39, 0.29) is 0 Å². The molecule has 208 valence electrons. The Hall–Kier alpha value is -5.38. The van der Waals surface area contributed by atoms with Crippen molar-refractivity contribution in [2.24, 2.45) is 0 Å². The molecular formula is C41H28N2S. The number of thiophene rings is 1. The third-order valence-electron chi connectivity index (χ3n) is 8.46. The maximum atomic E-state index is 5.22. The molecule has 0 aliphatic heterocycles. The van der Waals surface area contributed by atoms with E-state index in [1.807, 2.05) is 23.6 Å². The molecule has 0 spiro atoms. The predicted molar refractivity (Wildman–Crippen MR) is 190 cm³/mol. The second kappa shape index (κ2) is 10.7. The van der Waals surface area contributed by atoms with Gasteiger partial charge < -0.3 is 0 Å². The first kappa shape index (κ1) is 26.3. The van der Waals surface area contributed by atoms with E-state index in [0.29, 0.717) is 0 Å². The van der Waals surface area contributed by atoms with Crippen LogP contribution in [0.2, 0.25) is 0 Å². The molecule has 44 heavy (non-hydrogen) atoms. The SMILES string of the molecule is C=Cc1c(C(=CC)c2cccc(-c3cccc(-c4cnc5c6ccccc6c6ccccc6c5n4)c3)c2)sc2ccccc12. The molecule has 0 saturated heterocycles. The van der Waals surface area contributed by atoms with Crippen molar-refractivity contribution in [3.8, 4) is 22.4 Å². The van der Waals surface area contributed by atoms with Gasteiger partial charge in [0.05, 0.1) is 22.9 Å². The van der Waals surface area contributed by atoms with Gasteiger partial charge >= 0.3 is 0 Å². The van der Waals surface area contributed by atoms with E-state index in [2.05, 4.69) is 141 Å². The second-order valence-electron chi connectivity index (χ2n) is 11.0. The Kier molecular flexibility index (Phi) is 6.40. The van der Waals surface area contributed by atoms with Gasteiger partial charge in [0.25, 0.3) is 0 Å². The number of aromatic nitrogens is 2. The molecule has 6 aromatic carbocycles. The van der Waals surface area contributed by atoms with Gasteiger partial charge in [-0.15, -0.1) is 11.3 Å². The van der Waals surface area contributed by atoms with Crippen LogP contribution >= 0.6 is 11.3 Å². The lowest BCUT2D eigenvalue weighted by Crippen LogP contribution is -1.92. The predicted octanol–water partition coefficient (Wildman–Crippen LogP) is 11.6. The number of benzene rings is 6. The summed E-state index contributed by atoms with van der Waals surface area (Å²) in [4.78, 5) is 11.4.